The number of esters is 1. The first kappa shape index (κ1) is 44.9. The SMILES string of the molecule is CO[C@H]1/C=C\O[C@@]2(C)Oc3c(C)c(O)c4c(O)c(c(/C=N/N5CCN(C)CC5)c(O)c4c3C2=O)NC(=O)/C(C)=C\C=C/[C@H](C)[C@H](O)[C@@H](C)[C@H](O)[C@H](C)[C@H](OC(C)=O)[C@@H]1C. The van der Waals surface area contributed by atoms with Crippen molar-refractivity contribution in [3.63, 3.8) is 0 Å². The molecule has 16 nitrogen and oxygen atoms in total. The molecular weight excluding hydrogens is 764 g/mol. The summed E-state index contributed by atoms with van der Waals surface area (Å²) in [5, 5.41) is 66.8. The Hall–Kier alpha value is -5.16. The van der Waals surface area contributed by atoms with Gasteiger partial charge in [0.25, 0.3) is 11.7 Å². The van der Waals surface area contributed by atoms with Crippen LogP contribution in [0.15, 0.2) is 41.2 Å². The largest absolute Gasteiger partial charge is 0.507 e. The normalized spacial score (nSPS) is 32.1. The molecule has 1 saturated heterocycles. The molecule has 0 saturated carbocycles. The minimum Gasteiger partial charge on any atom is -0.507 e. The zero-order valence-electron chi connectivity index (χ0n) is 35.3. The van der Waals surface area contributed by atoms with E-state index < -0.39 is 88.8 Å². The van der Waals surface area contributed by atoms with Crippen LogP contribution in [0.4, 0.5) is 5.69 Å². The summed E-state index contributed by atoms with van der Waals surface area (Å²) >= 11 is 0. The average molecular weight is 823 g/mol. The Morgan fingerprint density at radius 3 is 2.24 bits per heavy atom. The van der Waals surface area contributed by atoms with Crippen molar-refractivity contribution in [2.45, 2.75) is 85.6 Å². The number of piperazine rings is 1. The number of hydrogen-bond donors (Lipinski definition) is 6. The Kier molecular flexibility index (Phi) is 13.7. The maximum Gasteiger partial charge on any atom is 0.312 e. The van der Waals surface area contributed by atoms with Gasteiger partial charge in [0, 0.05) is 87.3 Å². The molecule has 9 atom stereocenters. The van der Waals surface area contributed by atoms with Gasteiger partial charge in [-0.05, 0) is 27.0 Å². The lowest BCUT2D eigenvalue weighted by Crippen LogP contribution is -2.46. The number of aliphatic hydroxyl groups is 2. The van der Waals surface area contributed by atoms with Crippen LogP contribution in [0.3, 0.4) is 0 Å². The zero-order chi connectivity index (χ0) is 43.7. The van der Waals surface area contributed by atoms with Crippen molar-refractivity contribution in [2.75, 3.05) is 45.7 Å². The molecule has 59 heavy (non-hydrogen) atoms. The van der Waals surface area contributed by atoms with Crippen LogP contribution >= 0.6 is 0 Å². The highest BCUT2D eigenvalue weighted by atomic mass is 16.7. The summed E-state index contributed by atoms with van der Waals surface area (Å²) < 4.78 is 23.6. The molecule has 6 rings (SSSR count). The van der Waals surface area contributed by atoms with Gasteiger partial charge in [0.2, 0.25) is 0 Å². The van der Waals surface area contributed by atoms with Gasteiger partial charge in [-0.2, -0.15) is 5.10 Å². The van der Waals surface area contributed by atoms with Crippen molar-refractivity contribution in [2.24, 2.45) is 28.8 Å². The lowest BCUT2D eigenvalue weighted by atomic mass is 9.78. The number of carbonyl (C=O) groups excluding carboxylic acids is 3. The minimum atomic E-state index is -2.04. The third-order valence-corrected chi connectivity index (χ3v) is 11.9. The van der Waals surface area contributed by atoms with Crippen molar-refractivity contribution in [1.82, 2.24) is 9.91 Å². The smallest absolute Gasteiger partial charge is 0.312 e. The number of aromatic hydroxyl groups is 3. The van der Waals surface area contributed by atoms with E-state index in [-0.39, 0.29) is 44.5 Å². The summed E-state index contributed by atoms with van der Waals surface area (Å²) in [6.07, 6.45) is 4.86. The molecule has 1 fully saturated rings. The van der Waals surface area contributed by atoms with Gasteiger partial charge in [-0.1, -0.05) is 45.9 Å². The Bertz CT molecular complexity index is 2070. The van der Waals surface area contributed by atoms with E-state index in [1.165, 1.54) is 59.4 Å². The van der Waals surface area contributed by atoms with Gasteiger partial charge >= 0.3 is 11.8 Å². The fraction of sp³-hybridized carbons (Fsp3) is 0.535. The van der Waals surface area contributed by atoms with Crippen LogP contribution in [0.1, 0.15) is 70.0 Å². The molecule has 322 valence electrons. The maximum absolute atomic E-state index is 14.4. The van der Waals surface area contributed by atoms with Gasteiger partial charge in [0.05, 0.1) is 53.0 Å². The summed E-state index contributed by atoms with van der Waals surface area (Å²) in [6.45, 7) is 15.1. The molecule has 0 aliphatic carbocycles. The quantitative estimate of drug-likeness (QED) is 0.109. The van der Waals surface area contributed by atoms with E-state index in [1.54, 1.807) is 44.9 Å². The van der Waals surface area contributed by atoms with Gasteiger partial charge in [-0.25, -0.2) is 0 Å². The lowest BCUT2D eigenvalue weighted by Gasteiger charge is -2.38. The molecule has 0 radical (unpaired) electrons. The molecule has 0 unspecified atom stereocenters. The number of Topliss-reactive ketones (excluding diaryl/α,β-unsaturated/α-hetero) is 1. The monoisotopic (exact) mass is 822 g/mol. The molecule has 4 aliphatic rings. The number of anilines is 1. The van der Waals surface area contributed by atoms with Crippen LogP contribution in [0.2, 0.25) is 0 Å². The average Bonchev–Trinajstić information content (AvgIpc) is 3.46. The molecular formula is C43H58N4O12. The molecule has 16 heteroatoms. The van der Waals surface area contributed by atoms with E-state index in [0.717, 1.165) is 13.1 Å². The number of hydrogen-bond acceptors (Lipinski definition) is 15. The number of nitrogens with zero attached hydrogens (tertiary/aromatic N) is 3. The van der Waals surface area contributed by atoms with Crippen molar-refractivity contribution >= 4 is 40.3 Å². The maximum atomic E-state index is 14.4. The van der Waals surface area contributed by atoms with Gasteiger partial charge in [0.15, 0.2) is 5.75 Å². The first-order chi connectivity index (χ1) is 27.7. The second kappa shape index (κ2) is 18.0. The summed E-state index contributed by atoms with van der Waals surface area (Å²) in [6, 6.07) is 0. The number of phenols is 3. The minimum absolute atomic E-state index is 0.0559. The molecule has 4 heterocycles. The number of hydrazone groups is 1. The van der Waals surface area contributed by atoms with Crippen LogP contribution in [-0.2, 0) is 23.8 Å². The van der Waals surface area contributed by atoms with Crippen LogP contribution in [0.5, 0.6) is 23.0 Å². The van der Waals surface area contributed by atoms with E-state index in [4.69, 9.17) is 18.9 Å². The number of allylic oxidation sites excluding steroid dienone is 2. The topological polar surface area (TPSA) is 220 Å². The van der Waals surface area contributed by atoms with Crippen molar-refractivity contribution in [3.05, 3.63) is 52.8 Å². The third-order valence-electron chi connectivity index (χ3n) is 11.9. The Labute approximate surface area is 344 Å². The number of rotatable bonds is 4. The van der Waals surface area contributed by atoms with Crippen LogP contribution in [0.25, 0.3) is 10.8 Å². The number of benzene rings is 2. The van der Waals surface area contributed by atoms with E-state index in [2.05, 4.69) is 15.3 Å². The lowest BCUT2D eigenvalue weighted by molar-refractivity contribution is -0.160. The van der Waals surface area contributed by atoms with E-state index in [9.17, 15) is 39.9 Å². The van der Waals surface area contributed by atoms with Gasteiger partial charge in [-0.15, -0.1) is 0 Å². The first-order valence-electron chi connectivity index (χ1n) is 19.8. The molecule has 0 spiro atoms. The number of amides is 1. The van der Waals surface area contributed by atoms with Crippen LogP contribution in [0, 0.1) is 30.6 Å². The predicted molar refractivity (Wildman–Crippen MR) is 220 cm³/mol. The second-order valence-corrected chi connectivity index (χ2v) is 16.1. The summed E-state index contributed by atoms with van der Waals surface area (Å²) in [4.78, 5) is 42.6. The summed E-state index contributed by atoms with van der Waals surface area (Å²) in [5.41, 5.74) is -0.350. The highest BCUT2D eigenvalue weighted by Gasteiger charge is 2.50. The van der Waals surface area contributed by atoms with E-state index >= 15 is 0 Å². The molecule has 4 aliphatic heterocycles. The first-order valence-corrected chi connectivity index (χ1v) is 19.8. The van der Waals surface area contributed by atoms with E-state index in [1.807, 2.05) is 7.05 Å². The Morgan fingerprint density at radius 1 is 0.949 bits per heavy atom. The molecule has 2 aromatic rings. The number of phenolic OH excluding ortho intramolecular Hbond substituents is 3. The molecule has 5 bridgehead atoms. The highest BCUT2D eigenvalue weighted by Crippen LogP contribution is 2.55. The van der Waals surface area contributed by atoms with Crippen LogP contribution in [-0.4, -0.2) is 130 Å². The van der Waals surface area contributed by atoms with Gasteiger partial charge in [-0.3, -0.25) is 19.4 Å². The predicted octanol–water partition coefficient (Wildman–Crippen LogP) is 4.34. The van der Waals surface area contributed by atoms with Crippen molar-refractivity contribution < 1.29 is 58.9 Å². The molecule has 1 amide bonds. The van der Waals surface area contributed by atoms with Crippen molar-refractivity contribution in [3.8, 4) is 23.0 Å². The molecule has 0 aromatic heterocycles. The zero-order valence-corrected chi connectivity index (χ0v) is 35.3. The number of nitrogens with one attached hydrogen (secondary N) is 1. The Balaban J connectivity index is 1.70. The van der Waals surface area contributed by atoms with Crippen LogP contribution < -0.4 is 10.1 Å². The fourth-order valence-corrected chi connectivity index (χ4v) is 7.92. The Morgan fingerprint density at radius 2 is 1.61 bits per heavy atom. The third kappa shape index (κ3) is 8.91. The van der Waals surface area contributed by atoms with Gasteiger partial charge in [0.1, 0.15) is 23.4 Å². The number of carbonyl (C=O) groups is 3. The van der Waals surface area contributed by atoms with Crippen molar-refractivity contribution in [1.29, 1.82) is 0 Å². The highest BCUT2D eigenvalue weighted by molar-refractivity contribution is 6.23. The van der Waals surface area contributed by atoms with E-state index in [0.29, 0.717) is 13.1 Å². The number of aliphatic hydroxyl groups excluding tert-OH is 2. The summed E-state index contributed by atoms with van der Waals surface area (Å²) in [7, 11) is 3.42. The number of ketones is 1. The second-order valence-electron chi connectivity index (χ2n) is 16.1. The number of ether oxygens (including phenoxy) is 4. The number of fused-ring (bicyclic) bond motifs is 14. The fourth-order valence-electron chi connectivity index (χ4n) is 7.92. The van der Waals surface area contributed by atoms with Gasteiger partial charge < -0.3 is 54.7 Å². The summed E-state index contributed by atoms with van der Waals surface area (Å²) in [5.74, 6) is -8.34. The number of methoxy groups -OCH3 is 1. The molecule has 6 N–H and O–H groups in total. The number of likely N-dealkylation sites (N-methyl/N-ethyl adjacent to an activating group) is 1. The molecule has 2 aromatic carbocycles. The standard InChI is InChI=1S/C43H58N4O12/c1-21-12-11-13-22(2)42(55)45-33-28(20-44-47-17-15-46(9)16-18-47)37(52)30-31(38(33)53)36(51)26(6)40-32(30)41(54)43(8,59-40)57-19-14-29(56-10)23(3)39(58-27(7)48)25(5)35(50)24(4)34(21)49/h11-14,19-21,23-25,29,34-35,39,49-53H,15-18H2,1-10H3,(H,45,55)/b12-11-,19-14-,22-13-,44-20+/t21-,23+,24+,25-,29-,34-,35-,39+,43-/m0/s1.